The summed E-state index contributed by atoms with van der Waals surface area (Å²) in [7, 11) is 0. The van der Waals surface area contributed by atoms with Crippen LogP contribution < -0.4 is 0 Å². The Labute approximate surface area is 172 Å². The van der Waals surface area contributed by atoms with Crippen LogP contribution >= 0.6 is 0 Å². The molecule has 5 heterocycles. The van der Waals surface area contributed by atoms with Crippen molar-refractivity contribution in [2.45, 2.75) is 126 Å². The SMILES string of the molecule is CC1(C)OC[C@H]2O[C@H]3C[C@H]4O[C@H]5CCCC(=O)O[C@]5(C)C[C@]4(C)O[C@@H]3CC[C@@H]2O1. The average molecular weight is 411 g/mol. The van der Waals surface area contributed by atoms with Crippen LogP contribution in [0.2, 0.25) is 0 Å². The molecule has 0 aromatic carbocycles. The Balaban J connectivity index is 1.35. The first-order valence-corrected chi connectivity index (χ1v) is 11.2. The first kappa shape index (κ1) is 20.2. The molecule has 0 bridgehead atoms. The molecule has 5 aliphatic heterocycles. The quantitative estimate of drug-likeness (QED) is 0.569. The molecule has 0 unspecified atom stereocenters. The fraction of sp³-hybridized carbons (Fsp3) is 0.955. The van der Waals surface area contributed by atoms with Gasteiger partial charge in [-0.05, 0) is 53.4 Å². The molecule has 0 aromatic heterocycles. The van der Waals surface area contributed by atoms with Gasteiger partial charge in [-0.3, -0.25) is 4.79 Å². The van der Waals surface area contributed by atoms with Gasteiger partial charge in [-0.2, -0.15) is 0 Å². The van der Waals surface area contributed by atoms with E-state index in [1.165, 1.54) is 0 Å². The van der Waals surface area contributed by atoms with Crippen LogP contribution in [0, 0.1) is 0 Å². The standard InChI is InChI=1S/C22H34O7/c1-20(2)24-11-16-14(27-20)9-8-13-15(25-16)10-18-22(4,28-13)12-21(3)17(26-18)6-5-7-19(23)29-21/h13-18H,5-12H2,1-4H3/t13-,14+,15+,16-,17+,18-,21-,22+/m1/s1. The fourth-order valence-corrected chi connectivity index (χ4v) is 6.01. The summed E-state index contributed by atoms with van der Waals surface area (Å²) in [6.07, 6.45) is 5.05. The van der Waals surface area contributed by atoms with Gasteiger partial charge < -0.3 is 28.4 Å². The van der Waals surface area contributed by atoms with E-state index in [4.69, 9.17) is 28.4 Å². The molecule has 0 spiro atoms. The Morgan fingerprint density at radius 2 is 1.59 bits per heavy atom. The second-order valence-corrected chi connectivity index (χ2v) is 10.3. The zero-order valence-electron chi connectivity index (χ0n) is 18.0. The molecule has 0 saturated carbocycles. The lowest BCUT2D eigenvalue weighted by molar-refractivity contribution is -0.330. The summed E-state index contributed by atoms with van der Waals surface area (Å²) in [5.41, 5.74) is -1.13. The molecule has 164 valence electrons. The normalized spacial score (nSPS) is 51.9. The number of fused-ring (bicyclic) bond motifs is 4. The van der Waals surface area contributed by atoms with E-state index in [0.29, 0.717) is 19.4 Å². The highest BCUT2D eigenvalue weighted by atomic mass is 16.7. The van der Waals surface area contributed by atoms with Crippen molar-refractivity contribution in [1.82, 2.24) is 0 Å². The predicted octanol–water partition coefficient (Wildman–Crippen LogP) is 2.88. The number of esters is 1. The third-order valence-corrected chi connectivity index (χ3v) is 7.40. The number of hydrogen-bond donors (Lipinski definition) is 0. The maximum atomic E-state index is 12.1. The molecule has 7 nitrogen and oxygen atoms in total. The first-order valence-electron chi connectivity index (χ1n) is 11.2. The zero-order chi connectivity index (χ0) is 20.4. The largest absolute Gasteiger partial charge is 0.456 e. The number of ether oxygens (including phenoxy) is 6. The van der Waals surface area contributed by atoms with Crippen molar-refractivity contribution in [3.05, 3.63) is 0 Å². The summed E-state index contributed by atoms with van der Waals surface area (Å²) in [6, 6.07) is 0. The van der Waals surface area contributed by atoms with Crippen molar-refractivity contribution in [1.29, 1.82) is 0 Å². The predicted molar refractivity (Wildman–Crippen MR) is 102 cm³/mol. The van der Waals surface area contributed by atoms with E-state index in [1.807, 2.05) is 20.8 Å². The van der Waals surface area contributed by atoms with Crippen molar-refractivity contribution in [2.24, 2.45) is 0 Å². The third kappa shape index (κ3) is 3.63. The van der Waals surface area contributed by atoms with Gasteiger partial charge in [0.1, 0.15) is 11.7 Å². The van der Waals surface area contributed by atoms with Crippen LogP contribution in [0.5, 0.6) is 0 Å². The molecule has 5 saturated heterocycles. The maximum absolute atomic E-state index is 12.1. The number of carbonyl (C=O) groups is 1. The minimum Gasteiger partial charge on any atom is -0.456 e. The van der Waals surface area contributed by atoms with E-state index in [2.05, 4.69) is 6.92 Å². The number of hydrogen-bond acceptors (Lipinski definition) is 7. The lowest BCUT2D eigenvalue weighted by Gasteiger charge is -2.56. The van der Waals surface area contributed by atoms with Gasteiger partial charge in [0.2, 0.25) is 0 Å². The average Bonchev–Trinajstić information content (AvgIpc) is 2.86. The van der Waals surface area contributed by atoms with Crippen LogP contribution in [-0.2, 0) is 33.2 Å². The van der Waals surface area contributed by atoms with Crippen LogP contribution in [0.3, 0.4) is 0 Å². The van der Waals surface area contributed by atoms with E-state index < -0.39 is 17.0 Å². The summed E-state index contributed by atoms with van der Waals surface area (Å²) >= 11 is 0. The van der Waals surface area contributed by atoms with E-state index in [0.717, 1.165) is 32.1 Å². The highest BCUT2D eigenvalue weighted by Crippen LogP contribution is 2.49. The molecule has 0 amide bonds. The van der Waals surface area contributed by atoms with Crippen LogP contribution in [-0.4, -0.2) is 66.2 Å². The molecule has 5 fully saturated rings. The molecule has 5 rings (SSSR count). The maximum Gasteiger partial charge on any atom is 0.306 e. The second-order valence-electron chi connectivity index (χ2n) is 10.3. The summed E-state index contributed by atoms with van der Waals surface area (Å²) in [6.45, 7) is 8.55. The minimum atomic E-state index is -0.633. The second kappa shape index (κ2) is 6.89. The Kier molecular flexibility index (Phi) is 4.80. The van der Waals surface area contributed by atoms with Gasteiger partial charge >= 0.3 is 5.97 Å². The van der Waals surface area contributed by atoms with Crippen molar-refractivity contribution in [2.75, 3.05) is 6.61 Å². The minimum absolute atomic E-state index is 0.0150. The van der Waals surface area contributed by atoms with E-state index >= 15 is 0 Å². The Bertz CT molecular complexity index is 666. The lowest BCUT2D eigenvalue weighted by atomic mass is 9.74. The van der Waals surface area contributed by atoms with E-state index in [-0.39, 0.29) is 42.6 Å². The van der Waals surface area contributed by atoms with Gasteiger partial charge in [0.05, 0.1) is 42.7 Å². The van der Waals surface area contributed by atoms with E-state index in [9.17, 15) is 4.79 Å². The molecular weight excluding hydrogens is 376 g/mol. The van der Waals surface area contributed by atoms with E-state index in [1.54, 1.807) is 0 Å². The number of carbonyl (C=O) groups excluding carboxylic acids is 1. The van der Waals surface area contributed by atoms with Gasteiger partial charge in [-0.15, -0.1) is 0 Å². The van der Waals surface area contributed by atoms with Crippen LogP contribution in [0.15, 0.2) is 0 Å². The molecule has 0 radical (unpaired) electrons. The Hall–Kier alpha value is -0.730. The van der Waals surface area contributed by atoms with Crippen molar-refractivity contribution < 1.29 is 33.2 Å². The van der Waals surface area contributed by atoms with Gasteiger partial charge in [0.15, 0.2) is 5.79 Å². The zero-order valence-corrected chi connectivity index (χ0v) is 18.0. The summed E-state index contributed by atoms with van der Waals surface area (Å²) in [5, 5.41) is 0. The van der Waals surface area contributed by atoms with Crippen molar-refractivity contribution in [3.8, 4) is 0 Å². The van der Waals surface area contributed by atoms with Gasteiger partial charge in [-0.1, -0.05) is 0 Å². The third-order valence-electron chi connectivity index (χ3n) is 7.40. The lowest BCUT2D eigenvalue weighted by Crippen LogP contribution is -2.66. The molecule has 8 atom stereocenters. The molecule has 7 heteroatoms. The summed E-state index contributed by atoms with van der Waals surface area (Å²) < 4.78 is 37.5. The molecule has 0 aliphatic carbocycles. The van der Waals surface area contributed by atoms with Crippen LogP contribution in [0.25, 0.3) is 0 Å². The van der Waals surface area contributed by atoms with Crippen LogP contribution in [0.4, 0.5) is 0 Å². The fourth-order valence-electron chi connectivity index (χ4n) is 6.01. The number of rotatable bonds is 0. The smallest absolute Gasteiger partial charge is 0.306 e. The van der Waals surface area contributed by atoms with Crippen LogP contribution in [0.1, 0.15) is 72.6 Å². The topological polar surface area (TPSA) is 72.5 Å². The van der Waals surface area contributed by atoms with Crippen molar-refractivity contribution >= 4 is 5.97 Å². The molecular formula is C22H34O7. The summed E-state index contributed by atoms with van der Waals surface area (Å²) in [5.74, 6) is -0.701. The Morgan fingerprint density at radius 1 is 0.828 bits per heavy atom. The molecule has 5 aliphatic rings. The first-order chi connectivity index (χ1) is 13.7. The van der Waals surface area contributed by atoms with Crippen molar-refractivity contribution in [3.63, 3.8) is 0 Å². The highest BCUT2D eigenvalue weighted by molar-refractivity contribution is 5.70. The van der Waals surface area contributed by atoms with Gasteiger partial charge in [0.25, 0.3) is 0 Å². The monoisotopic (exact) mass is 410 g/mol. The van der Waals surface area contributed by atoms with Gasteiger partial charge in [0, 0.05) is 19.3 Å². The molecule has 0 aromatic rings. The Morgan fingerprint density at radius 3 is 2.38 bits per heavy atom. The highest BCUT2D eigenvalue weighted by Gasteiger charge is 2.59. The summed E-state index contributed by atoms with van der Waals surface area (Å²) in [4.78, 5) is 12.1. The van der Waals surface area contributed by atoms with Gasteiger partial charge in [-0.25, -0.2) is 0 Å². The molecule has 29 heavy (non-hydrogen) atoms. The molecule has 0 N–H and O–H groups in total.